The average Bonchev–Trinajstić information content (AvgIpc) is 2.82. The molecule has 3 heteroatoms. The first-order valence-electron chi connectivity index (χ1n) is 13.6. The standard InChI is InChI=1S/C30H48O2Si/c1-4-5-6-7-8-9-10-11-12-13-14-15-16-22-27-31-33(2,3)32-30-26-21-20-25-29(30)28-23-18-17-19-24-28/h17-21,23-26H,4-16,22,27H2,1-3H3. The highest BCUT2D eigenvalue weighted by Crippen LogP contribution is 2.31. The summed E-state index contributed by atoms with van der Waals surface area (Å²) >= 11 is 0. The summed E-state index contributed by atoms with van der Waals surface area (Å²) in [5.74, 6) is 0.932. The maximum Gasteiger partial charge on any atom is 0.392 e. The van der Waals surface area contributed by atoms with E-state index in [1.807, 2.05) is 12.1 Å². The summed E-state index contributed by atoms with van der Waals surface area (Å²) in [7, 11) is -2.21. The smallest absolute Gasteiger partial charge is 0.392 e. The molecule has 0 fully saturated rings. The Hall–Kier alpha value is -1.58. The topological polar surface area (TPSA) is 18.5 Å². The van der Waals surface area contributed by atoms with E-state index in [1.165, 1.54) is 89.0 Å². The van der Waals surface area contributed by atoms with Crippen LogP contribution in [0.4, 0.5) is 0 Å². The van der Waals surface area contributed by atoms with Gasteiger partial charge >= 0.3 is 8.56 Å². The molecule has 0 saturated heterocycles. The van der Waals surface area contributed by atoms with Gasteiger partial charge in [-0.15, -0.1) is 0 Å². The molecule has 0 amide bonds. The van der Waals surface area contributed by atoms with Crippen LogP contribution in [0.15, 0.2) is 54.6 Å². The van der Waals surface area contributed by atoms with Gasteiger partial charge in [0.15, 0.2) is 0 Å². The Bertz CT molecular complexity index is 729. The Kier molecular flexibility index (Phi) is 14.2. The molecule has 33 heavy (non-hydrogen) atoms. The summed E-state index contributed by atoms with van der Waals surface area (Å²) in [6.07, 6.45) is 19.3. The molecule has 0 spiro atoms. The zero-order valence-electron chi connectivity index (χ0n) is 21.6. The van der Waals surface area contributed by atoms with E-state index in [-0.39, 0.29) is 0 Å². The molecule has 0 bridgehead atoms. The summed E-state index contributed by atoms with van der Waals surface area (Å²) in [5, 5.41) is 0. The molecular formula is C30H48O2Si. The molecular weight excluding hydrogens is 420 g/mol. The molecule has 0 heterocycles. The van der Waals surface area contributed by atoms with Crippen LogP contribution in [0.5, 0.6) is 5.75 Å². The molecule has 0 aliphatic heterocycles. The highest BCUT2D eigenvalue weighted by molar-refractivity contribution is 6.65. The fourth-order valence-corrected chi connectivity index (χ4v) is 5.72. The van der Waals surface area contributed by atoms with Gasteiger partial charge in [0.2, 0.25) is 0 Å². The molecule has 2 rings (SSSR count). The zero-order chi connectivity index (χ0) is 23.6. The molecule has 0 aliphatic carbocycles. The van der Waals surface area contributed by atoms with Crippen molar-refractivity contribution >= 4 is 8.56 Å². The van der Waals surface area contributed by atoms with Crippen LogP contribution in [0.3, 0.4) is 0 Å². The van der Waals surface area contributed by atoms with Crippen LogP contribution < -0.4 is 4.43 Å². The molecule has 2 aromatic carbocycles. The normalized spacial score (nSPS) is 11.6. The maximum atomic E-state index is 6.42. The Morgan fingerprint density at radius 3 is 1.64 bits per heavy atom. The van der Waals surface area contributed by atoms with Crippen molar-refractivity contribution in [2.45, 2.75) is 110 Å². The molecule has 2 aromatic rings. The molecule has 0 radical (unpaired) electrons. The minimum absolute atomic E-state index is 0.810. The Morgan fingerprint density at radius 2 is 1.06 bits per heavy atom. The Balaban J connectivity index is 1.52. The summed E-state index contributed by atoms with van der Waals surface area (Å²) in [6, 6.07) is 18.8. The predicted molar refractivity (Wildman–Crippen MR) is 146 cm³/mol. The fourth-order valence-electron chi connectivity index (χ4n) is 4.32. The van der Waals surface area contributed by atoms with E-state index in [9.17, 15) is 0 Å². The second kappa shape index (κ2) is 16.9. The second-order valence-electron chi connectivity index (χ2n) is 9.81. The SMILES string of the molecule is CCCCCCCCCCCCCCCCO[Si](C)(C)Oc1ccccc1-c1ccccc1. The van der Waals surface area contributed by atoms with Crippen LogP contribution in [-0.4, -0.2) is 15.2 Å². The van der Waals surface area contributed by atoms with E-state index in [0.29, 0.717) is 0 Å². The van der Waals surface area contributed by atoms with Crippen molar-refractivity contribution in [2.75, 3.05) is 6.61 Å². The predicted octanol–water partition coefficient (Wildman–Crippen LogP) is 9.93. The summed E-state index contributed by atoms with van der Waals surface area (Å²) in [5.41, 5.74) is 2.32. The lowest BCUT2D eigenvalue weighted by Crippen LogP contribution is -2.38. The third-order valence-corrected chi connectivity index (χ3v) is 7.89. The highest BCUT2D eigenvalue weighted by atomic mass is 28.4. The summed E-state index contributed by atoms with van der Waals surface area (Å²) in [4.78, 5) is 0. The average molecular weight is 469 g/mol. The van der Waals surface area contributed by atoms with E-state index in [0.717, 1.165) is 24.3 Å². The van der Waals surface area contributed by atoms with Gasteiger partial charge in [-0.3, -0.25) is 0 Å². The number of hydrogen-bond acceptors (Lipinski definition) is 2. The van der Waals surface area contributed by atoms with E-state index < -0.39 is 8.56 Å². The van der Waals surface area contributed by atoms with E-state index in [1.54, 1.807) is 0 Å². The lowest BCUT2D eigenvalue weighted by atomic mass is 10.0. The first kappa shape index (κ1) is 27.7. The van der Waals surface area contributed by atoms with Crippen LogP contribution in [0.2, 0.25) is 13.1 Å². The number of rotatable bonds is 19. The van der Waals surface area contributed by atoms with E-state index >= 15 is 0 Å². The lowest BCUT2D eigenvalue weighted by molar-refractivity contribution is 0.241. The van der Waals surface area contributed by atoms with Crippen molar-refractivity contribution in [2.24, 2.45) is 0 Å². The number of hydrogen-bond donors (Lipinski definition) is 0. The number of benzene rings is 2. The molecule has 0 aromatic heterocycles. The van der Waals surface area contributed by atoms with Gasteiger partial charge in [0.25, 0.3) is 0 Å². The minimum atomic E-state index is -2.21. The molecule has 0 N–H and O–H groups in total. The quantitative estimate of drug-likeness (QED) is 0.151. The van der Waals surface area contributed by atoms with Crippen LogP contribution in [0.25, 0.3) is 11.1 Å². The van der Waals surface area contributed by atoms with Crippen LogP contribution in [0, 0.1) is 0 Å². The fraction of sp³-hybridized carbons (Fsp3) is 0.600. The first-order valence-corrected chi connectivity index (χ1v) is 16.4. The molecule has 0 atom stereocenters. The first-order chi connectivity index (χ1) is 16.1. The second-order valence-corrected chi connectivity index (χ2v) is 13.1. The summed E-state index contributed by atoms with van der Waals surface area (Å²) in [6.45, 7) is 7.40. The van der Waals surface area contributed by atoms with Gasteiger partial charge in [-0.25, -0.2) is 0 Å². The van der Waals surface area contributed by atoms with Crippen molar-refractivity contribution in [3.8, 4) is 16.9 Å². The van der Waals surface area contributed by atoms with Gasteiger partial charge in [-0.2, -0.15) is 0 Å². The number of para-hydroxylation sites is 1. The third kappa shape index (κ3) is 12.5. The van der Waals surface area contributed by atoms with Gasteiger partial charge in [0.1, 0.15) is 5.75 Å². The lowest BCUT2D eigenvalue weighted by Gasteiger charge is -2.25. The van der Waals surface area contributed by atoms with Gasteiger partial charge in [-0.1, -0.05) is 139 Å². The van der Waals surface area contributed by atoms with Crippen LogP contribution >= 0.6 is 0 Å². The maximum absolute atomic E-state index is 6.42. The molecule has 0 aliphatic rings. The van der Waals surface area contributed by atoms with Crippen molar-refractivity contribution in [1.29, 1.82) is 0 Å². The van der Waals surface area contributed by atoms with Crippen molar-refractivity contribution in [1.82, 2.24) is 0 Å². The van der Waals surface area contributed by atoms with Gasteiger partial charge in [0, 0.05) is 12.2 Å². The largest absolute Gasteiger partial charge is 0.520 e. The van der Waals surface area contributed by atoms with Gasteiger partial charge < -0.3 is 8.85 Å². The van der Waals surface area contributed by atoms with Crippen molar-refractivity contribution in [3.63, 3.8) is 0 Å². The monoisotopic (exact) mass is 468 g/mol. The van der Waals surface area contributed by atoms with Crippen molar-refractivity contribution in [3.05, 3.63) is 54.6 Å². The minimum Gasteiger partial charge on any atom is -0.520 e. The Labute approximate surface area is 205 Å². The van der Waals surface area contributed by atoms with Crippen molar-refractivity contribution < 1.29 is 8.85 Å². The van der Waals surface area contributed by atoms with Gasteiger partial charge in [-0.05, 0) is 31.1 Å². The molecule has 0 unspecified atom stereocenters. The molecule has 2 nitrogen and oxygen atoms in total. The van der Waals surface area contributed by atoms with Crippen LogP contribution in [-0.2, 0) is 4.43 Å². The third-order valence-electron chi connectivity index (χ3n) is 6.28. The molecule has 184 valence electrons. The zero-order valence-corrected chi connectivity index (χ0v) is 22.6. The van der Waals surface area contributed by atoms with E-state index in [4.69, 9.17) is 8.85 Å². The van der Waals surface area contributed by atoms with Gasteiger partial charge in [0.05, 0.1) is 0 Å². The molecule has 0 saturated carbocycles. The van der Waals surface area contributed by atoms with Crippen LogP contribution in [0.1, 0.15) is 96.8 Å². The summed E-state index contributed by atoms with van der Waals surface area (Å²) < 4.78 is 12.7. The Morgan fingerprint density at radius 1 is 0.576 bits per heavy atom. The number of unbranched alkanes of at least 4 members (excludes halogenated alkanes) is 13. The van der Waals surface area contributed by atoms with E-state index in [2.05, 4.69) is 62.5 Å². The highest BCUT2D eigenvalue weighted by Gasteiger charge is 2.27.